The third-order valence-electron chi connectivity index (χ3n) is 2.70. The topological polar surface area (TPSA) is 16.1 Å². The first-order valence-corrected chi connectivity index (χ1v) is 6.66. The highest BCUT2D eigenvalue weighted by molar-refractivity contribution is 7.18. The van der Waals surface area contributed by atoms with Crippen LogP contribution in [0, 0.1) is 0 Å². The molecule has 0 amide bonds. The van der Waals surface area contributed by atoms with Crippen LogP contribution >= 0.6 is 22.9 Å². The molecule has 0 aliphatic rings. The van der Waals surface area contributed by atoms with Crippen LogP contribution in [0.5, 0.6) is 0 Å². The van der Waals surface area contributed by atoms with Gasteiger partial charge < -0.3 is 0 Å². The zero-order valence-corrected chi connectivity index (χ0v) is 11.1. The molecule has 1 unspecified atom stereocenters. The zero-order valence-electron chi connectivity index (χ0n) is 9.48. The molecule has 2 rings (SSSR count). The quantitative estimate of drug-likeness (QED) is 0.778. The first-order valence-electron chi connectivity index (χ1n) is 5.31. The van der Waals surface area contributed by atoms with Gasteiger partial charge in [-0.2, -0.15) is 0 Å². The van der Waals surface area contributed by atoms with Gasteiger partial charge in [0.1, 0.15) is 5.01 Å². The van der Waals surface area contributed by atoms with E-state index in [-0.39, 0.29) is 0 Å². The molecule has 1 heterocycles. The summed E-state index contributed by atoms with van der Waals surface area (Å²) in [6.07, 6.45) is 0. The molecule has 0 bridgehead atoms. The maximum atomic E-state index is 5.83. The molecule has 0 radical (unpaired) electrons. The first kappa shape index (κ1) is 11.8. The Morgan fingerprint density at radius 2 is 2.19 bits per heavy atom. The average Bonchev–Trinajstić information content (AvgIpc) is 2.69. The first-order chi connectivity index (χ1) is 7.70. The van der Waals surface area contributed by atoms with Gasteiger partial charge in [0.2, 0.25) is 0 Å². The van der Waals surface area contributed by atoms with Gasteiger partial charge in [-0.05, 0) is 26.1 Å². The second-order valence-electron chi connectivity index (χ2n) is 3.99. The molecule has 0 N–H and O–H groups in total. The molecule has 0 fully saturated rings. The van der Waals surface area contributed by atoms with Gasteiger partial charge in [-0.25, -0.2) is 4.98 Å². The molecule has 1 aromatic heterocycles. The Hall–Kier alpha value is -0.640. The molecule has 0 saturated carbocycles. The van der Waals surface area contributed by atoms with Crippen molar-refractivity contribution in [3.8, 4) is 0 Å². The summed E-state index contributed by atoms with van der Waals surface area (Å²) in [5.41, 5.74) is 1.09. The number of hydrogen-bond donors (Lipinski definition) is 0. The molecule has 2 aromatic rings. The second kappa shape index (κ2) is 5.13. The van der Waals surface area contributed by atoms with Gasteiger partial charge in [0.05, 0.1) is 16.8 Å². The van der Waals surface area contributed by atoms with E-state index in [9.17, 15) is 0 Å². The van der Waals surface area contributed by atoms with Crippen LogP contribution in [0.25, 0.3) is 10.2 Å². The minimum atomic E-state index is 0.383. The van der Waals surface area contributed by atoms with Gasteiger partial charge >= 0.3 is 0 Å². The minimum absolute atomic E-state index is 0.383. The monoisotopic (exact) mass is 254 g/mol. The Kier molecular flexibility index (Phi) is 3.79. The van der Waals surface area contributed by atoms with Crippen molar-refractivity contribution < 1.29 is 0 Å². The maximum Gasteiger partial charge on any atom is 0.108 e. The number of hydrogen-bond acceptors (Lipinski definition) is 3. The lowest BCUT2D eigenvalue weighted by atomic mass is 10.3. The summed E-state index contributed by atoms with van der Waals surface area (Å²) in [4.78, 5) is 6.83. The van der Waals surface area contributed by atoms with Gasteiger partial charge in [-0.3, -0.25) is 4.90 Å². The number of aromatic nitrogens is 1. The van der Waals surface area contributed by atoms with E-state index < -0.39 is 0 Å². The summed E-state index contributed by atoms with van der Waals surface area (Å²) >= 11 is 7.59. The van der Waals surface area contributed by atoms with Crippen LogP contribution in [-0.4, -0.2) is 28.9 Å². The van der Waals surface area contributed by atoms with Crippen LogP contribution in [-0.2, 0) is 6.54 Å². The Morgan fingerprint density at radius 3 is 2.88 bits per heavy atom. The predicted octanol–water partition coefficient (Wildman–Crippen LogP) is 3.36. The predicted molar refractivity (Wildman–Crippen MR) is 71.3 cm³/mol. The molecule has 1 atom stereocenters. The maximum absolute atomic E-state index is 5.83. The number of para-hydroxylation sites is 1. The molecule has 1 aromatic carbocycles. The molecule has 2 nitrogen and oxygen atoms in total. The highest BCUT2D eigenvalue weighted by atomic mass is 35.5. The van der Waals surface area contributed by atoms with Crippen molar-refractivity contribution in [2.24, 2.45) is 0 Å². The van der Waals surface area contributed by atoms with Crippen molar-refractivity contribution in [1.82, 2.24) is 9.88 Å². The van der Waals surface area contributed by atoms with Crippen LogP contribution in [0.3, 0.4) is 0 Å². The molecular formula is C12H15ClN2S. The zero-order chi connectivity index (χ0) is 11.5. The van der Waals surface area contributed by atoms with Gasteiger partial charge in [0.25, 0.3) is 0 Å². The summed E-state index contributed by atoms with van der Waals surface area (Å²) in [6.45, 7) is 2.99. The van der Waals surface area contributed by atoms with Crippen molar-refractivity contribution in [1.29, 1.82) is 0 Å². The molecule has 0 spiro atoms. The van der Waals surface area contributed by atoms with Crippen LogP contribution in [0.4, 0.5) is 0 Å². The van der Waals surface area contributed by atoms with Gasteiger partial charge in [0.15, 0.2) is 0 Å². The standard InChI is InChI=1S/C12H15ClN2S/c1-9(7-13)15(2)8-12-14-10-5-3-4-6-11(10)16-12/h3-6,9H,7-8H2,1-2H3. The summed E-state index contributed by atoms with van der Waals surface area (Å²) in [7, 11) is 2.08. The second-order valence-corrected chi connectivity index (χ2v) is 5.42. The Balaban J connectivity index is 2.15. The third-order valence-corrected chi connectivity index (χ3v) is 4.17. The Bertz CT molecular complexity index is 436. The van der Waals surface area contributed by atoms with Crippen LogP contribution < -0.4 is 0 Å². The van der Waals surface area contributed by atoms with Crippen molar-refractivity contribution in [3.05, 3.63) is 29.3 Å². The highest BCUT2D eigenvalue weighted by Crippen LogP contribution is 2.22. The number of alkyl halides is 1. The van der Waals surface area contributed by atoms with E-state index in [2.05, 4.69) is 42.1 Å². The normalized spacial score (nSPS) is 13.5. The Morgan fingerprint density at radius 1 is 1.44 bits per heavy atom. The molecule has 4 heteroatoms. The number of benzene rings is 1. The minimum Gasteiger partial charge on any atom is -0.296 e. The summed E-state index contributed by atoms with van der Waals surface area (Å²) in [6, 6.07) is 8.63. The fourth-order valence-electron chi connectivity index (χ4n) is 1.47. The van der Waals surface area contributed by atoms with E-state index in [1.165, 1.54) is 4.70 Å². The van der Waals surface area contributed by atoms with Crippen molar-refractivity contribution >= 4 is 33.2 Å². The third kappa shape index (κ3) is 2.54. The van der Waals surface area contributed by atoms with E-state index in [1.54, 1.807) is 11.3 Å². The van der Waals surface area contributed by atoms with Crippen molar-refractivity contribution in [2.75, 3.05) is 12.9 Å². The van der Waals surface area contributed by atoms with E-state index in [4.69, 9.17) is 11.6 Å². The fraction of sp³-hybridized carbons (Fsp3) is 0.417. The van der Waals surface area contributed by atoms with Gasteiger partial charge in [0, 0.05) is 11.9 Å². The molecule has 16 heavy (non-hydrogen) atoms. The number of thiazole rings is 1. The summed E-state index contributed by atoms with van der Waals surface area (Å²) in [5, 5.41) is 1.15. The van der Waals surface area contributed by atoms with Crippen LogP contribution in [0.15, 0.2) is 24.3 Å². The van der Waals surface area contributed by atoms with Gasteiger partial charge in [-0.1, -0.05) is 12.1 Å². The van der Waals surface area contributed by atoms with E-state index >= 15 is 0 Å². The molecule has 0 aliphatic heterocycles. The fourth-order valence-corrected chi connectivity index (χ4v) is 2.74. The largest absolute Gasteiger partial charge is 0.296 e. The van der Waals surface area contributed by atoms with Crippen molar-refractivity contribution in [2.45, 2.75) is 19.5 Å². The summed E-state index contributed by atoms with van der Waals surface area (Å²) < 4.78 is 1.25. The SMILES string of the molecule is CC(CCl)N(C)Cc1nc2ccccc2s1. The van der Waals surface area contributed by atoms with E-state index in [1.807, 2.05) is 6.07 Å². The van der Waals surface area contributed by atoms with Crippen molar-refractivity contribution in [3.63, 3.8) is 0 Å². The Labute approximate surface area is 105 Å². The van der Waals surface area contributed by atoms with E-state index in [0.29, 0.717) is 11.9 Å². The van der Waals surface area contributed by atoms with E-state index in [0.717, 1.165) is 17.1 Å². The number of fused-ring (bicyclic) bond motifs is 1. The lowest BCUT2D eigenvalue weighted by Crippen LogP contribution is -2.29. The molecule has 86 valence electrons. The van der Waals surface area contributed by atoms with Crippen LogP contribution in [0.2, 0.25) is 0 Å². The van der Waals surface area contributed by atoms with Crippen LogP contribution in [0.1, 0.15) is 11.9 Å². The summed E-state index contributed by atoms with van der Waals surface area (Å²) in [5.74, 6) is 0.654. The number of rotatable bonds is 4. The lowest BCUT2D eigenvalue weighted by Gasteiger charge is -2.20. The molecule has 0 aliphatic carbocycles. The molecule has 0 saturated heterocycles. The van der Waals surface area contributed by atoms with Gasteiger partial charge in [-0.15, -0.1) is 22.9 Å². The smallest absolute Gasteiger partial charge is 0.108 e. The molecular weight excluding hydrogens is 240 g/mol. The average molecular weight is 255 g/mol. The number of nitrogens with zero attached hydrogens (tertiary/aromatic N) is 2. The lowest BCUT2D eigenvalue weighted by molar-refractivity contribution is 0.268. The highest BCUT2D eigenvalue weighted by Gasteiger charge is 2.11. The number of halogens is 1.